The van der Waals surface area contributed by atoms with Gasteiger partial charge in [0.15, 0.2) is 0 Å². The zero-order chi connectivity index (χ0) is 12.7. The molecule has 0 aliphatic heterocycles. The molecule has 0 saturated heterocycles. The van der Waals surface area contributed by atoms with Crippen LogP contribution in [0, 0.1) is 20.3 Å². The Bertz CT molecular complexity index is 631. The molecule has 1 aliphatic rings. The van der Waals surface area contributed by atoms with E-state index in [2.05, 4.69) is 69.7 Å². The Morgan fingerprint density at radius 3 is 2.11 bits per heavy atom. The van der Waals surface area contributed by atoms with Crippen molar-refractivity contribution in [2.75, 3.05) is 0 Å². The van der Waals surface area contributed by atoms with E-state index in [9.17, 15) is 0 Å². The number of hydrogen-bond acceptors (Lipinski definition) is 0. The molecule has 89 valence electrons. The van der Waals surface area contributed by atoms with Crippen LogP contribution in [0.25, 0.3) is 5.57 Å². The van der Waals surface area contributed by atoms with Crippen molar-refractivity contribution < 1.29 is 0 Å². The smallest absolute Gasteiger partial charge is 0.0170 e. The number of fused-ring (bicyclic) bond motifs is 1. The van der Waals surface area contributed by atoms with E-state index in [0.29, 0.717) is 0 Å². The first kappa shape index (κ1) is 11.3. The number of allylic oxidation sites excluding steroid dienone is 1. The van der Waals surface area contributed by atoms with E-state index in [-0.39, 0.29) is 0 Å². The fourth-order valence-electron chi connectivity index (χ4n) is 2.81. The monoisotopic (exact) mass is 233 g/mol. The molecule has 0 saturated carbocycles. The molecule has 0 N–H and O–H groups in total. The highest BCUT2D eigenvalue weighted by Crippen LogP contribution is 2.41. The van der Waals surface area contributed by atoms with Crippen LogP contribution in [0.15, 0.2) is 48.0 Å². The summed E-state index contributed by atoms with van der Waals surface area (Å²) in [6.07, 6.45) is 2.32. The van der Waals surface area contributed by atoms with Crippen LogP contribution in [0.4, 0.5) is 0 Å². The lowest BCUT2D eigenvalue weighted by molar-refractivity contribution is 1.31. The SMILES string of the molecule is CC1=C(c2ccccc2)c2c(C)ccc(C)c2[CH]1. The van der Waals surface area contributed by atoms with E-state index in [1.54, 1.807) is 0 Å². The second kappa shape index (κ2) is 4.13. The summed E-state index contributed by atoms with van der Waals surface area (Å²) < 4.78 is 0. The maximum atomic E-state index is 2.32. The standard InChI is InChI=1S/C18H17/c1-12-9-10-13(2)18-16(12)11-14(3)17(18)15-7-5-4-6-8-15/h4-11H,1-3H3. The molecular formula is C18H17. The lowest BCUT2D eigenvalue weighted by Crippen LogP contribution is -1.93. The Labute approximate surface area is 109 Å². The molecule has 1 aliphatic carbocycles. The van der Waals surface area contributed by atoms with Crippen LogP contribution in [0.3, 0.4) is 0 Å². The van der Waals surface area contributed by atoms with Crippen LogP contribution >= 0.6 is 0 Å². The van der Waals surface area contributed by atoms with Crippen molar-refractivity contribution in [3.05, 3.63) is 82.3 Å². The predicted molar refractivity (Wildman–Crippen MR) is 77.5 cm³/mol. The van der Waals surface area contributed by atoms with Crippen molar-refractivity contribution >= 4 is 5.57 Å². The Kier molecular flexibility index (Phi) is 2.59. The molecule has 0 atom stereocenters. The minimum Gasteiger partial charge on any atom is -0.0622 e. The molecule has 1 radical (unpaired) electrons. The summed E-state index contributed by atoms with van der Waals surface area (Å²) in [6, 6.07) is 15.1. The number of hydrogen-bond donors (Lipinski definition) is 0. The van der Waals surface area contributed by atoms with Crippen molar-refractivity contribution in [3.8, 4) is 0 Å². The number of benzene rings is 2. The summed E-state index contributed by atoms with van der Waals surface area (Å²) in [5.74, 6) is 0. The molecule has 0 bridgehead atoms. The molecule has 3 rings (SSSR count). The van der Waals surface area contributed by atoms with E-state index in [4.69, 9.17) is 0 Å². The Morgan fingerprint density at radius 1 is 0.722 bits per heavy atom. The molecule has 18 heavy (non-hydrogen) atoms. The van der Waals surface area contributed by atoms with Gasteiger partial charge in [-0.1, -0.05) is 48.0 Å². The van der Waals surface area contributed by atoms with E-state index in [1.165, 1.54) is 39.0 Å². The third kappa shape index (κ3) is 1.60. The van der Waals surface area contributed by atoms with Gasteiger partial charge in [0, 0.05) is 6.42 Å². The minimum absolute atomic E-state index is 1.32. The zero-order valence-corrected chi connectivity index (χ0v) is 11.1. The molecule has 0 heterocycles. The summed E-state index contributed by atoms with van der Waals surface area (Å²) in [7, 11) is 0. The van der Waals surface area contributed by atoms with Gasteiger partial charge in [0.25, 0.3) is 0 Å². The molecular weight excluding hydrogens is 216 g/mol. The third-order valence-electron chi connectivity index (χ3n) is 3.74. The van der Waals surface area contributed by atoms with Gasteiger partial charge in [-0.15, -0.1) is 0 Å². The predicted octanol–water partition coefficient (Wildman–Crippen LogP) is 4.69. The van der Waals surface area contributed by atoms with Crippen molar-refractivity contribution in [3.63, 3.8) is 0 Å². The fourth-order valence-corrected chi connectivity index (χ4v) is 2.81. The van der Waals surface area contributed by atoms with Gasteiger partial charge >= 0.3 is 0 Å². The van der Waals surface area contributed by atoms with Crippen LogP contribution in [0.1, 0.15) is 34.7 Å². The Hall–Kier alpha value is -1.82. The van der Waals surface area contributed by atoms with Gasteiger partial charge in [0.2, 0.25) is 0 Å². The van der Waals surface area contributed by atoms with E-state index in [0.717, 1.165) is 0 Å². The first-order valence-corrected chi connectivity index (χ1v) is 6.40. The van der Waals surface area contributed by atoms with E-state index < -0.39 is 0 Å². The first-order valence-electron chi connectivity index (χ1n) is 6.40. The summed E-state index contributed by atoms with van der Waals surface area (Å²) in [5, 5.41) is 0. The lowest BCUT2D eigenvalue weighted by Gasteiger charge is -2.12. The maximum absolute atomic E-state index is 2.32. The van der Waals surface area contributed by atoms with Gasteiger partial charge in [-0.25, -0.2) is 0 Å². The minimum atomic E-state index is 1.32. The van der Waals surface area contributed by atoms with Gasteiger partial charge in [-0.05, 0) is 54.2 Å². The summed E-state index contributed by atoms with van der Waals surface area (Å²) in [4.78, 5) is 0. The van der Waals surface area contributed by atoms with Crippen molar-refractivity contribution in [1.29, 1.82) is 0 Å². The highest BCUT2D eigenvalue weighted by Gasteiger charge is 2.23. The Morgan fingerprint density at radius 2 is 1.39 bits per heavy atom. The zero-order valence-electron chi connectivity index (χ0n) is 11.1. The normalized spacial score (nSPS) is 13.9. The molecule has 2 aromatic carbocycles. The molecule has 0 fully saturated rings. The quantitative estimate of drug-likeness (QED) is 0.670. The molecule has 0 heteroatoms. The van der Waals surface area contributed by atoms with Crippen molar-refractivity contribution in [2.24, 2.45) is 0 Å². The van der Waals surface area contributed by atoms with Crippen LogP contribution in [0.5, 0.6) is 0 Å². The second-order valence-corrected chi connectivity index (χ2v) is 5.06. The second-order valence-electron chi connectivity index (χ2n) is 5.06. The van der Waals surface area contributed by atoms with Crippen LogP contribution in [-0.2, 0) is 0 Å². The first-order chi connectivity index (χ1) is 8.68. The summed E-state index contributed by atoms with van der Waals surface area (Å²) >= 11 is 0. The molecule has 0 spiro atoms. The van der Waals surface area contributed by atoms with Gasteiger partial charge in [0.05, 0.1) is 0 Å². The van der Waals surface area contributed by atoms with Gasteiger partial charge in [0.1, 0.15) is 0 Å². The fraction of sp³-hybridized carbons (Fsp3) is 0.167. The molecule has 0 amide bonds. The van der Waals surface area contributed by atoms with Gasteiger partial charge in [-0.2, -0.15) is 0 Å². The van der Waals surface area contributed by atoms with Crippen LogP contribution in [0.2, 0.25) is 0 Å². The molecule has 0 nitrogen and oxygen atoms in total. The molecule has 0 unspecified atom stereocenters. The third-order valence-corrected chi connectivity index (χ3v) is 3.74. The summed E-state index contributed by atoms with van der Waals surface area (Å²) in [6.45, 7) is 6.60. The topological polar surface area (TPSA) is 0 Å². The average Bonchev–Trinajstić information content (AvgIpc) is 2.74. The number of aryl methyl sites for hydroxylation is 2. The highest BCUT2D eigenvalue weighted by atomic mass is 14.3. The van der Waals surface area contributed by atoms with E-state index in [1.807, 2.05) is 0 Å². The summed E-state index contributed by atoms with van der Waals surface area (Å²) in [5.41, 5.74) is 9.62. The van der Waals surface area contributed by atoms with E-state index >= 15 is 0 Å². The Balaban J connectivity index is 2.26. The number of rotatable bonds is 1. The lowest BCUT2D eigenvalue weighted by atomic mass is 9.92. The van der Waals surface area contributed by atoms with Crippen LogP contribution in [-0.4, -0.2) is 0 Å². The average molecular weight is 233 g/mol. The highest BCUT2D eigenvalue weighted by molar-refractivity contribution is 5.91. The van der Waals surface area contributed by atoms with Crippen LogP contribution < -0.4 is 0 Å². The molecule has 0 aromatic heterocycles. The van der Waals surface area contributed by atoms with Crippen molar-refractivity contribution in [1.82, 2.24) is 0 Å². The maximum Gasteiger partial charge on any atom is 0.0170 e. The van der Waals surface area contributed by atoms with Gasteiger partial charge < -0.3 is 0 Å². The van der Waals surface area contributed by atoms with Gasteiger partial charge in [-0.3, -0.25) is 0 Å². The van der Waals surface area contributed by atoms with Crippen molar-refractivity contribution in [2.45, 2.75) is 20.8 Å². The largest absolute Gasteiger partial charge is 0.0622 e. The molecule has 2 aromatic rings.